The van der Waals surface area contributed by atoms with Gasteiger partial charge in [0.05, 0.1) is 0 Å². The SMILES string of the molecule is C.CC.CC.CCNCC.[2HH]. The Labute approximate surface area is 69.7 Å². The first-order valence-electron chi connectivity index (χ1n) is 4.12. The largest absolute Gasteiger partial charge is 0.317 e. The van der Waals surface area contributed by atoms with Crippen LogP contribution in [-0.4, -0.2) is 13.1 Å². The summed E-state index contributed by atoms with van der Waals surface area (Å²) in [5.41, 5.74) is 0. The minimum absolute atomic E-state index is 0. The molecule has 0 atom stereocenters. The lowest BCUT2D eigenvalue weighted by Crippen LogP contribution is -2.09. The highest BCUT2D eigenvalue weighted by atomic mass is 14.8. The first-order valence-corrected chi connectivity index (χ1v) is 4.12. The van der Waals surface area contributed by atoms with E-state index >= 15 is 0 Å². The molecule has 0 spiro atoms. The second kappa shape index (κ2) is 64.8. The third kappa shape index (κ3) is 100. The van der Waals surface area contributed by atoms with E-state index in [1.54, 1.807) is 0 Å². The van der Waals surface area contributed by atoms with E-state index in [0.29, 0.717) is 0 Å². The minimum Gasteiger partial charge on any atom is -0.317 e. The van der Waals surface area contributed by atoms with Gasteiger partial charge in [-0.05, 0) is 13.1 Å². The summed E-state index contributed by atoms with van der Waals surface area (Å²) in [5, 5.41) is 3.11. The summed E-state index contributed by atoms with van der Waals surface area (Å²) < 4.78 is 0. The van der Waals surface area contributed by atoms with Crippen molar-refractivity contribution in [1.82, 2.24) is 5.32 Å². The van der Waals surface area contributed by atoms with Crippen LogP contribution in [0.25, 0.3) is 0 Å². The topological polar surface area (TPSA) is 12.0 Å². The lowest BCUT2D eigenvalue weighted by molar-refractivity contribution is 0.762. The van der Waals surface area contributed by atoms with Gasteiger partial charge in [-0.2, -0.15) is 0 Å². The molecule has 0 rings (SSSR count). The first-order chi connectivity index (χ1) is 4.41. The molecule has 0 aromatic heterocycles. The molecule has 0 aromatic rings. The van der Waals surface area contributed by atoms with Crippen LogP contribution in [0.4, 0.5) is 0 Å². The Balaban J connectivity index is -0.0000000178. The van der Waals surface area contributed by atoms with E-state index in [4.69, 9.17) is 0 Å². The molecule has 0 unspecified atom stereocenters. The highest BCUT2D eigenvalue weighted by Gasteiger charge is 1.62. The normalized spacial score (nSPS) is 5.40. The number of hydrogen-bond donors (Lipinski definition) is 1. The van der Waals surface area contributed by atoms with Crippen molar-refractivity contribution in [2.24, 2.45) is 0 Å². The summed E-state index contributed by atoms with van der Waals surface area (Å²) >= 11 is 0. The third-order valence-electron chi connectivity index (χ3n) is 0.500. The van der Waals surface area contributed by atoms with E-state index in [0.717, 1.165) is 13.1 Å². The zero-order valence-corrected chi connectivity index (χ0v) is 7.91. The van der Waals surface area contributed by atoms with Gasteiger partial charge in [0.15, 0.2) is 0 Å². The van der Waals surface area contributed by atoms with Crippen LogP contribution < -0.4 is 5.32 Å². The molecule has 1 heteroatoms. The molecule has 0 bridgehead atoms. The van der Waals surface area contributed by atoms with Gasteiger partial charge in [0.1, 0.15) is 0 Å². The van der Waals surface area contributed by atoms with Crippen molar-refractivity contribution in [3.05, 3.63) is 0 Å². The maximum Gasteiger partial charge on any atom is 0 e. The molecule has 0 amide bonds. The smallest absolute Gasteiger partial charge is 0 e. The second-order valence-electron chi connectivity index (χ2n) is 0.957. The summed E-state index contributed by atoms with van der Waals surface area (Å²) in [6.45, 7) is 14.4. The standard InChI is InChI=1S/C4H11N.2C2H6.CH4.H2/c1-3-5-4-2;2*1-2;;/h5H,3-4H2,1-2H3;2*1-2H3;1H4;1H/i;;;;1+1. The van der Waals surface area contributed by atoms with Gasteiger partial charge >= 0.3 is 0 Å². The van der Waals surface area contributed by atoms with Crippen molar-refractivity contribution in [3.8, 4) is 0 Å². The molecule has 10 heavy (non-hydrogen) atoms. The van der Waals surface area contributed by atoms with Crippen LogP contribution in [0.2, 0.25) is 0 Å². The average Bonchev–Trinajstić information content (AvgIpc) is 1.98. The monoisotopic (exact) mass is 152 g/mol. The summed E-state index contributed by atoms with van der Waals surface area (Å²) in [6, 6.07) is 0. The van der Waals surface area contributed by atoms with Gasteiger partial charge in [-0.1, -0.05) is 49.0 Å². The summed E-state index contributed by atoms with van der Waals surface area (Å²) in [4.78, 5) is 0. The van der Waals surface area contributed by atoms with Gasteiger partial charge in [0.2, 0.25) is 0 Å². The van der Waals surface area contributed by atoms with Crippen molar-refractivity contribution >= 4 is 0 Å². The third-order valence-corrected chi connectivity index (χ3v) is 0.500. The Bertz CT molecular complexity index is 17.0. The van der Waals surface area contributed by atoms with Crippen molar-refractivity contribution in [1.29, 1.82) is 0 Å². The van der Waals surface area contributed by atoms with Crippen molar-refractivity contribution < 1.29 is 1.43 Å². The van der Waals surface area contributed by atoms with Crippen molar-refractivity contribution in [2.45, 2.75) is 49.0 Å². The number of nitrogens with one attached hydrogen (secondary N) is 1. The Hall–Kier alpha value is -0.0400. The lowest BCUT2D eigenvalue weighted by Gasteiger charge is -1.86. The van der Waals surface area contributed by atoms with Crippen LogP contribution in [0.5, 0.6) is 0 Å². The molecule has 0 radical (unpaired) electrons. The minimum atomic E-state index is 0. The molecule has 0 heterocycles. The summed E-state index contributed by atoms with van der Waals surface area (Å²) in [7, 11) is 0. The van der Waals surface area contributed by atoms with Crippen LogP contribution >= 0.6 is 0 Å². The highest BCUT2D eigenvalue weighted by molar-refractivity contribution is 4.27. The Morgan fingerprint density at radius 3 is 1.10 bits per heavy atom. The zero-order valence-electron chi connectivity index (χ0n) is 7.91. The molecular formula is C9H29N. The fourth-order valence-electron chi connectivity index (χ4n) is 0.250. The van der Waals surface area contributed by atoms with Gasteiger partial charge in [-0.25, -0.2) is 0 Å². The van der Waals surface area contributed by atoms with Crippen molar-refractivity contribution in [2.75, 3.05) is 13.1 Å². The maximum absolute atomic E-state index is 3.11. The molecule has 0 saturated carbocycles. The Kier molecular flexibility index (Phi) is 146. The Morgan fingerprint density at radius 1 is 0.900 bits per heavy atom. The predicted molar refractivity (Wildman–Crippen MR) is 55.8 cm³/mol. The van der Waals surface area contributed by atoms with E-state index in [2.05, 4.69) is 19.2 Å². The molecule has 1 nitrogen and oxygen atoms in total. The van der Waals surface area contributed by atoms with E-state index in [1.165, 1.54) is 0 Å². The molecule has 0 aliphatic rings. The Morgan fingerprint density at radius 2 is 1.10 bits per heavy atom. The van der Waals surface area contributed by atoms with Gasteiger partial charge in [0.25, 0.3) is 0 Å². The molecule has 70 valence electrons. The van der Waals surface area contributed by atoms with Crippen molar-refractivity contribution in [3.63, 3.8) is 0 Å². The maximum atomic E-state index is 3.11. The number of rotatable bonds is 2. The van der Waals surface area contributed by atoms with Gasteiger partial charge in [-0.15, -0.1) is 0 Å². The fourth-order valence-corrected chi connectivity index (χ4v) is 0.250. The van der Waals surface area contributed by atoms with Crippen LogP contribution in [0, 0.1) is 0 Å². The summed E-state index contributed by atoms with van der Waals surface area (Å²) in [6.07, 6.45) is 0. The molecule has 1 N–H and O–H groups in total. The van der Waals surface area contributed by atoms with Gasteiger partial charge < -0.3 is 5.32 Å². The van der Waals surface area contributed by atoms with E-state index in [-0.39, 0.29) is 8.85 Å². The lowest BCUT2D eigenvalue weighted by atomic mass is 10.7. The molecule has 0 aliphatic carbocycles. The molecular weight excluding hydrogens is 122 g/mol. The quantitative estimate of drug-likeness (QED) is 0.638. The molecule has 0 saturated heterocycles. The second-order valence-corrected chi connectivity index (χ2v) is 0.957. The van der Waals surface area contributed by atoms with E-state index in [9.17, 15) is 0 Å². The number of hydrogen-bond acceptors (Lipinski definition) is 1. The van der Waals surface area contributed by atoms with E-state index < -0.39 is 0 Å². The molecule has 0 fully saturated rings. The van der Waals surface area contributed by atoms with Crippen LogP contribution in [0.3, 0.4) is 0 Å². The zero-order chi connectivity index (χ0) is 8.12. The van der Waals surface area contributed by atoms with Crippen LogP contribution in [0.15, 0.2) is 0 Å². The highest BCUT2D eigenvalue weighted by Crippen LogP contribution is 1.47. The predicted octanol–water partition coefficient (Wildman–Crippen LogP) is 3.55. The van der Waals surface area contributed by atoms with E-state index in [1.807, 2.05) is 27.7 Å². The fraction of sp³-hybridized carbons (Fsp3) is 1.00. The molecule has 0 aliphatic heterocycles. The van der Waals surface area contributed by atoms with Crippen LogP contribution in [0.1, 0.15) is 50.4 Å². The van der Waals surface area contributed by atoms with Crippen LogP contribution in [-0.2, 0) is 0 Å². The molecule has 0 aromatic carbocycles. The van der Waals surface area contributed by atoms with Gasteiger partial charge in [-0.3, -0.25) is 0 Å². The van der Waals surface area contributed by atoms with Gasteiger partial charge in [0, 0.05) is 1.43 Å². The summed E-state index contributed by atoms with van der Waals surface area (Å²) in [5.74, 6) is 0. The first kappa shape index (κ1) is 22.5. The average molecular weight is 152 g/mol.